The van der Waals surface area contributed by atoms with Crippen molar-refractivity contribution in [2.75, 3.05) is 17.1 Å². The Bertz CT molecular complexity index is 987. The molecule has 1 aliphatic heterocycles. The molecule has 3 aromatic rings. The number of aryl methyl sites for hydroxylation is 1. The SMILES string of the molecule is Cc1ccccn1.O[C@H]1CCOc2cc(-c3cccnc3NSCC(F)(F)F)ccc21. The van der Waals surface area contributed by atoms with Crippen molar-refractivity contribution in [3.8, 4) is 16.9 Å². The number of hydrogen-bond acceptors (Lipinski definition) is 6. The van der Waals surface area contributed by atoms with Gasteiger partial charge in [0, 0.05) is 35.6 Å². The number of nitrogens with zero attached hydrogens (tertiary/aromatic N) is 2. The summed E-state index contributed by atoms with van der Waals surface area (Å²) in [5, 5.41) is 9.96. The van der Waals surface area contributed by atoms with Crippen LogP contribution in [0, 0.1) is 6.92 Å². The largest absolute Gasteiger partial charge is 0.493 e. The summed E-state index contributed by atoms with van der Waals surface area (Å²) in [5.41, 5.74) is 3.21. The number of alkyl halides is 3. The molecular formula is C22H22F3N3O2S. The molecule has 0 unspecified atom stereocenters. The number of benzene rings is 1. The fourth-order valence-corrected chi connectivity index (χ4v) is 3.43. The third-order valence-corrected chi connectivity index (χ3v) is 5.17. The van der Waals surface area contributed by atoms with E-state index in [2.05, 4.69) is 14.7 Å². The highest BCUT2D eigenvalue weighted by molar-refractivity contribution is 8.00. The van der Waals surface area contributed by atoms with Gasteiger partial charge in [0.05, 0.1) is 12.7 Å². The summed E-state index contributed by atoms with van der Waals surface area (Å²) in [4.78, 5) is 8.09. The first-order valence-electron chi connectivity index (χ1n) is 9.56. The number of nitrogens with one attached hydrogen (secondary N) is 1. The average Bonchev–Trinajstić information content (AvgIpc) is 2.74. The summed E-state index contributed by atoms with van der Waals surface area (Å²) in [5.74, 6) is -0.0743. The summed E-state index contributed by atoms with van der Waals surface area (Å²) < 4.78 is 45.1. The zero-order chi connectivity index (χ0) is 22.3. The summed E-state index contributed by atoms with van der Waals surface area (Å²) in [6, 6.07) is 14.7. The molecule has 0 saturated heterocycles. The second-order valence-electron chi connectivity index (χ2n) is 6.78. The van der Waals surface area contributed by atoms with E-state index < -0.39 is 18.0 Å². The van der Waals surface area contributed by atoms with Crippen LogP contribution in [0.5, 0.6) is 5.75 Å². The lowest BCUT2D eigenvalue weighted by molar-refractivity contribution is -0.105. The molecule has 4 rings (SSSR count). The Labute approximate surface area is 182 Å². The number of halogens is 3. The highest BCUT2D eigenvalue weighted by atomic mass is 32.2. The number of aliphatic hydroxyl groups excluding tert-OH is 1. The van der Waals surface area contributed by atoms with Crippen molar-refractivity contribution >= 4 is 17.8 Å². The zero-order valence-corrected chi connectivity index (χ0v) is 17.6. The molecule has 0 fully saturated rings. The Kier molecular flexibility index (Phi) is 7.75. The third-order valence-electron chi connectivity index (χ3n) is 4.36. The van der Waals surface area contributed by atoms with Gasteiger partial charge in [-0.3, -0.25) is 4.98 Å². The van der Waals surface area contributed by atoms with Crippen molar-refractivity contribution in [1.82, 2.24) is 9.97 Å². The highest BCUT2D eigenvalue weighted by Gasteiger charge is 2.27. The maximum absolute atomic E-state index is 12.3. The summed E-state index contributed by atoms with van der Waals surface area (Å²) in [6.07, 6.45) is -0.965. The molecule has 1 aromatic carbocycles. The van der Waals surface area contributed by atoms with E-state index in [4.69, 9.17) is 4.74 Å². The predicted octanol–water partition coefficient (Wildman–Crippen LogP) is 5.58. The third kappa shape index (κ3) is 6.86. The summed E-state index contributed by atoms with van der Waals surface area (Å²) >= 11 is 0.543. The topological polar surface area (TPSA) is 67.3 Å². The van der Waals surface area contributed by atoms with E-state index in [0.717, 1.165) is 16.8 Å². The van der Waals surface area contributed by atoms with Crippen molar-refractivity contribution in [2.45, 2.75) is 25.6 Å². The molecule has 0 aliphatic carbocycles. The average molecular weight is 449 g/mol. The molecule has 2 N–H and O–H groups in total. The van der Waals surface area contributed by atoms with E-state index in [9.17, 15) is 18.3 Å². The Morgan fingerprint density at radius 1 is 1.13 bits per heavy atom. The Morgan fingerprint density at radius 2 is 1.94 bits per heavy atom. The standard InChI is InChI=1S/C16H15F3N2O2S.C6H7N/c17-16(18,19)9-24-21-15-11(2-1-6-20-15)10-3-4-12-13(22)5-7-23-14(12)8-10;1-6-4-2-3-5-7-6/h1-4,6,8,13,22H,5,7,9H2,(H,20,21);2-5H,1H3/t13-;/m0./s1. The minimum absolute atomic E-state index is 0.350. The molecule has 0 spiro atoms. The molecule has 9 heteroatoms. The van der Waals surface area contributed by atoms with E-state index in [0.29, 0.717) is 42.1 Å². The van der Waals surface area contributed by atoms with Gasteiger partial charge in [-0.05, 0) is 54.8 Å². The molecule has 164 valence electrons. The molecule has 2 aromatic heterocycles. The van der Waals surface area contributed by atoms with Crippen molar-refractivity contribution in [3.63, 3.8) is 0 Å². The first-order chi connectivity index (χ1) is 14.8. The van der Waals surface area contributed by atoms with Crippen LogP contribution in [0.3, 0.4) is 0 Å². The number of aromatic nitrogens is 2. The van der Waals surface area contributed by atoms with Crippen molar-refractivity contribution < 1.29 is 23.0 Å². The maximum Gasteiger partial charge on any atom is 0.399 e. The van der Waals surface area contributed by atoms with Gasteiger partial charge >= 0.3 is 6.18 Å². The lowest BCUT2D eigenvalue weighted by atomic mass is 9.98. The van der Waals surface area contributed by atoms with Crippen molar-refractivity contribution in [3.05, 3.63) is 72.2 Å². The highest BCUT2D eigenvalue weighted by Crippen LogP contribution is 2.37. The zero-order valence-electron chi connectivity index (χ0n) is 16.8. The van der Waals surface area contributed by atoms with E-state index in [-0.39, 0.29) is 0 Å². The van der Waals surface area contributed by atoms with Crippen LogP contribution in [0.1, 0.15) is 23.8 Å². The smallest absolute Gasteiger partial charge is 0.399 e. The molecule has 3 heterocycles. The molecule has 0 bridgehead atoms. The minimum atomic E-state index is -4.25. The van der Waals surface area contributed by atoms with Crippen LogP contribution in [-0.2, 0) is 0 Å². The van der Waals surface area contributed by atoms with Gasteiger partial charge in [0.15, 0.2) is 0 Å². The summed E-state index contributed by atoms with van der Waals surface area (Å²) in [7, 11) is 0. The number of anilines is 1. The van der Waals surface area contributed by atoms with E-state index in [1.165, 1.54) is 6.20 Å². The van der Waals surface area contributed by atoms with Crippen LogP contribution in [0.15, 0.2) is 60.9 Å². The quantitative estimate of drug-likeness (QED) is 0.507. The van der Waals surface area contributed by atoms with Crippen molar-refractivity contribution in [2.24, 2.45) is 0 Å². The number of rotatable bonds is 4. The molecule has 0 radical (unpaired) electrons. The monoisotopic (exact) mass is 449 g/mol. The van der Waals surface area contributed by atoms with Gasteiger partial charge in [-0.15, -0.1) is 0 Å². The van der Waals surface area contributed by atoms with Gasteiger partial charge in [0.25, 0.3) is 0 Å². The van der Waals surface area contributed by atoms with E-state index >= 15 is 0 Å². The van der Waals surface area contributed by atoms with Gasteiger partial charge in [0.1, 0.15) is 17.3 Å². The van der Waals surface area contributed by atoms with E-state index in [1.54, 1.807) is 36.5 Å². The number of hydrogen-bond donors (Lipinski definition) is 2. The molecule has 31 heavy (non-hydrogen) atoms. The molecule has 0 amide bonds. The van der Waals surface area contributed by atoms with Crippen LogP contribution in [-0.4, -0.2) is 33.6 Å². The molecule has 0 saturated carbocycles. The first-order valence-corrected chi connectivity index (χ1v) is 10.5. The Balaban J connectivity index is 0.000000330. The normalized spacial score (nSPS) is 15.2. The predicted molar refractivity (Wildman–Crippen MR) is 116 cm³/mol. The molecule has 1 aliphatic rings. The fraction of sp³-hybridized carbons (Fsp3) is 0.273. The second-order valence-corrected chi connectivity index (χ2v) is 7.56. The lowest BCUT2D eigenvalue weighted by Gasteiger charge is -2.23. The van der Waals surface area contributed by atoms with Crippen LogP contribution in [0.4, 0.5) is 19.0 Å². The van der Waals surface area contributed by atoms with Crippen molar-refractivity contribution in [1.29, 1.82) is 0 Å². The number of ether oxygens (including phenoxy) is 1. The molecule has 5 nitrogen and oxygen atoms in total. The second kappa shape index (κ2) is 10.5. The maximum atomic E-state index is 12.3. The van der Waals surface area contributed by atoms with Gasteiger partial charge in [-0.2, -0.15) is 13.2 Å². The van der Waals surface area contributed by atoms with Gasteiger partial charge < -0.3 is 14.6 Å². The van der Waals surface area contributed by atoms with E-state index in [1.807, 2.05) is 25.1 Å². The molecular weight excluding hydrogens is 427 g/mol. The molecule has 1 atom stereocenters. The van der Waals surface area contributed by atoms with Crippen LogP contribution >= 0.6 is 11.9 Å². The van der Waals surface area contributed by atoms with Crippen LogP contribution in [0.25, 0.3) is 11.1 Å². The fourth-order valence-electron chi connectivity index (χ4n) is 2.89. The first kappa shape index (κ1) is 22.9. The summed E-state index contributed by atoms with van der Waals surface area (Å²) in [6.45, 7) is 2.40. The lowest BCUT2D eigenvalue weighted by Crippen LogP contribution is -2.13. The Morgan fingerprint density at radius 3 is 2.61 bits per heavy atom. The minimum Gasteiger partial charge on any atom is -0.493 e. The number of fused-ring (bicyclic) bond motifs is 1. The van der Waals surface area contributed by atoms with Gasteiger partial charge in [0.2, 0.25) is 0 Å². The van der Waals surface area contributed by atoms with Crippen LogP contribution in [0.2, 0.25) is 0 Å². The van der Waals surface area contributed by atoms with Crippen LogP contribution < -0.4 is 9.46 Å². The Hall–Kier alpha value is -2.78. The number of pyridine rings is 2. The van der Waals surface area contributed by atoms with Gasteiger partial charge in [-0.25, -0.2) is 4.98 Å². The van der Waals surface area contributed by atoms with Gasteiger partial charge in [-0.1, -0.05) is 18.2 Å². The number of aliphatic hydroxyl groups is 1.